The van der Waals surface area contributed by atoms with Crippen molar-refractivity contribution in [1.82, 2.24) is 5.43 Å². The van der Waals surface area contributed by atoms with E-state index in [-0.39, 0.29) is 17.7 Å². The third-order valence-corrected chi connectivity index (χ3v) is 6.19. The highest BCUT2D eigenvalue weighted by Crippen LogP contribution is 2.34. The molecule has 0 saturated heterocycles. The summed E-state index contributed by atoms with van der Waals surface area (Å²) in [6.07, 6.45) is 1.86. The first-order valence-corrected chi connectivity index (χ1v) is 12.3. The number of methoxy groups -OCH3 is 1. The van der Waals surface area contributed by atoms with E-state index in [4.69, 9.17) is 21.1 Å². The van der Waals surface area contributed by atoms with Gasteiger partial charge in [0.2, 0.25) is 5.91 Å². The fraction of sp³-hybridized carbons (Fsp3) is 0.259. The lowest BCUT2D eigenvalue weighted by Crippen LogP contribution is -2.20. The Hall–Kier alpha value is -2.58. The van der Waals surface area contributed by atoms with Gasteiger partial charge in [0.15, 0.2) is 11.5 Å². The van der Waals surface area contributed by atoms with E-state index in [9.17, 15) is 4.79 Å². The Balaban J connectivity index is 1.60. The molecule has 0 unspecified atom stereocenters. The van der Waals surface area contributed by atoms with Crippen LogP contribution in [0.4, 0.5) is 0 Å². The first kappa shape index (κ1) is 26.0. The highest BCUT2D eigenvalue weighted by molar-refractivity contribution is 14.1. The van der Waals surface area contributed by atoms with Crippen LogP contribution in [0.15, 0.2) is 65.8 Å². The topological polar surface area (TPSA) is 59.9 Å². The van der Waals surface area contributed by atoms with Crippen LogP contribution in [0.2, 0.25) is 5.02 Å². The van der Waals surface area contributed by atoms with Crippen molar-refractivity contribution in [1.29, 1.82) is 0 Å². The zero-order chi connectivity index (χ0) is 24.7. The van der Waals surface area contributed by atoms with Gasteiger partial charge in [0.05, 0.1) is 23.3 Å². The minimum Gasteiger partial charge on any atom is -0.493 e. The predicted molar refractivity (Wildman–Crippen MR) is 146 cm³/mol. The Kier molecular flexibility index (Phi) is 8.97. The van der Waals surface area contributed by atoms with Gasteiger partial charge in [0.1, 0.15) is 6.61 Å². The quantitative estimate of drug-likeness (QED) is 0.185. The molecule has 3 rings (SSSR count). The number of carbonyl (C=O) groups is 1. The first-order valence-electron chi connectivity index (χ1n) is 10.8. The molecular weight excluding hydrogens is 563 g/mol. The van der Waals surface area contributed by atoms with Gasteiger partial charge >= 0.3 is 0 Å². The molecule has 0 aliphatic carbocycles. The molecule has 7 heteroatoms. The number of hydrazone groups is 1. The molecule has 34 heavy (non-hydrogen) atoms. The van der Waals surface area contributed by atoms with Gasteiger partial charge in [-0.3, -0.25) is 4.79 Å². The molecule has 0 aliphatic rings. The molecule has 0 saturated carbocycles. The summed E-state index contributed by atoms with van der Waals surface area (Å²) < 4.78 is 12.4. The van der Waals surface area contributed by atoms with E-state index in [0.29, 0.717) is 23.1 Å². The van der Waals surface area contributed by atoms with Gasteiger partial charge in [0, 0.05) is 5.02 Å². The zero-order valence-corrected chi connectivity index (χ0v) is 22.6. The summed E-state index contributed by atoms with van der Waals surface area (Å²) in [6.45, 7) is 6.89. The third kappa shape index (κ3) is 7.46. The smallest absolute Gasteiger partial charge is 0.244 e. The van der Waals surface area contributed by atoms with Crippen LogP contribution >= 0.6 is 34.2 Å². The van der Waals surface area contributed by atoms with E-state index in [1.165, 1.54) is 5.56 Å². The lowest BCUT2D eigenvalue weighted by Gasteiger charge is -2.19. The van der Waals surface area contributed by atoms with Crippen LogP contribution in [0.3, 0.4) is 0 Å². The lowest BCUT2D eigenvalue weighted by molar-refractivity contribution is -0.120. The van der Waals surface area contributed by atoms with Gasteiger partial charge in [0.25, 0.3) is 0 Å². The Bertz CT molecular complexity index is 1150. The van der Waals surface area contributed by atoms with Crippen LogP contribution in [0.1, 0.15) is 43.0 Å². The molecule has 178 valence electrons. The van der Waals surface area contributed by atoms with Crippen LogP contribution < -0.4 is 14.9 Å². The number of ether oxygens (including phenoxy) is 2. The van der Waals surface area contributed by atoms with Gasteiger partial charge < -0.3 is 9.47 Å². The fourth-order valence-corrected chi connectivity index (χ4v) is 4.12. The number of carbonyl (C=O) groups excluding carboxylic acids is 1. The average Bonchev–Trinajstić information content (AvgIpc) is 2.79. The Morgan fingerprint density at radius 1 is 1.06 bits per heavy atom. The van der Waals surface area contributed by atoms with Crippen LogP contribution in [-0.4, -0.2) is 19.2 Å². The van der Waals surface area contributed by atoms with E-state index in [0.717, 1.165) is 20.3 Å². The SMILES string of the molecule is COc1cc(C=NNC(=O)Cc2ccc(C(C)(C)C)cc2)cc(I)c1OCc1ccc(Cl)cc1. The molecule has 3 aromatic carbocycles. The van der Waals surface area contributed by atoms with Crippen molar-refractivity contribution in [3.63, 3.8) is 0 Å². The molecule has 0 radical (unpaired) electrons. The molecule has 0 spiro atoms. The number of amides is 1. The first-order chi connectivity index (χ1) is 16.2. The van der Waals surface area contributed by atoms with Crippen LogP contribution in [0, 0.1) is 3.57 Å². The van der Waals surface area contributed by atoms with Crippen molar-refractivity contribution in [3.05, 3.63) is 91.5 Å². The van der Waals surface area contributed by atoms with Crippen LogP contribution in [0.5, 0.6) is 11.5 Å². The molecular formula is C27H28ClIN2O3. The largest absolute Gasteiger partial charge is 0.493 e. The maximum Gasteiger partial charge on any atom is 0.244 e. The lowest BCUT2D eigenvalue weighted by atomic mass is 9.86. The average molecular weight is 591 g/mol. The maximum absolute atomic E-state index is 12.3. The minimum atomic E-state index is -0.177. The normalized spacial score (nSPS) is 11.5. The van der Waals surface area contributed by atoms with E-state index in [2.05, 4.69) is 66.0 Å². The van der Waals surface area contributed by atoms with Crippen molar-refractivity contribution >= 4 is 46.3 Å². The highest BCUT2D eigenvalue weighted by Gasteiger charge is 2.14. The summed E-state index contributed by atoms with van der Waals surface area (Å²) in [5, 5.41) is 4.79. The monoisotopic (exact) mass is 590 g/mol. The van der Waals surface area contributed by atoms with Crippen molar-refractivity contribution in [2.75, 3.05) is 7.11 Å². The Labute approximate surface area is 219 Å². The summed E-state index contributed by atoms with van der Waals surface area (Å²) in [4.78, 5) is 12.3. The molecule has 0 aromatic heterocycles. The highest BCUT2D eigenvalue weighted by atomic mass is 127. The van der Waals surface area contributed by atoms with Crippen molar-refractivity contribution in [3.8, 4) is 11.5 Å². The van der Waals surface area contributed by atoms with E-state index in [1.54, 1.807) is 13.3 Å². The van der Waals surface area contributed by atoms with Gasteiger partial charge in [-0.1, -0.05) is 68.8 Å². The van der Waals surface area contributed by atoms with E-state index >= 15 is 0 Å². The summed E-state index contributed by atoms with van der Waals surface area (Å²) in [6, 6.07) is 19.3. The predicted octanol–water partition coefficient (Wildman–Crippen LogP) is 6.52. The Morgan fingerprint density at radius 2 is 1.71 bits per heavy atom. The molecule has 1 amide bonds. The second-order valence-electron chi connectivity index (χ2n) is 8.87. The number of rotatable bonds is 8. The van der Waals surface area contributed by atoms with E-state index < -0.39 is 0 Å². The number of hydrogen-bond acceptors (Lipinski definition) is 4. The van der Waals surface area contributed by atoms with Gasteiger partial charge in [-0.2, -0.15) is 5.10 Å². The fourth-order valence-electron chi connectivity index (χ4n) is 3.22. The van der Waals surface area contributed by atoms with Crippen molar-refractivity contribution in [2.24, 2.45) is 5.10 Å². The second kappa shape index (κ2) is 11.7. The molecule has 0 heterocycles. The summed E-state index contributed by atoms with van der Waals surface area (Å²) in [5.74, 6) is 1.06. The van der Waals surface area contributed by atoms with E-state index in [1.807, 2.05) is 48.5 Å². The Morgan fingerprint density at radius 3 is 2.32 bits per heavy atom. The number of nitrogens with zero attached hydrogens (tertiary/aromatic N) is 1. The molecule has 1 N–H and O–H groups in total. The number of halogens is 2. The molecule has 0 aliphatic heterocycles. The maximum atomic E-state index is 12.3. The van der Waals surface area contributed by atoms with Gasteiger partial charge in [-0.15, -0.1) is 0 Å². The summed E-state index contributed by atoms with van der Waals surface area (Å²) in [7, 11) is 1.59. The van der Waals surface area contributed by atoms with Crippen LogP contribution in [-0.2, 0) is 23.2 Å². The number of hydrogen-bond donors (Lipinski definition) is 1. The molecule has 3 aromatic rings. The van der Waals surface area contributed by atoms with Crippen molar-refractivity contribution < 1.29 is 14.3 Å². The molecule has 0 bridgehead atoms. The van der Waals surface area contributed by atoms with Gasteiger partial charge in [-0.05, 0) is 74.5 Å². The molecule has 5 nitrogen and oxygen atoms in total. The second-order valence-corrected chi connectivity index (χ2v) is 10.5. The minimum absolute atomic E-state index is 0.0834. The molecule has 0 atom stereocenters. The number of benzene rings is 3. The van der Waals surface area contributed by atoms with Crippen molar-refractivity contribution in [2.45, 2.75) is 39.2 Å². The van der Waals surface area contributed by atoms with Gasteiger partial charge in [-0.25, -0.2) is 5.43 Å². The molecule has 0 fully saturated rings. The third-order valence-electron chi connectivity index (χ3n) is 5.14. The standard InChI is InChI=1S/C27H28ClIN2O3/c1-27(2,3)21-9-5-18(6-10-21)15-25(32)31-30-16-20-13-23(29)26(24(14-20)33-4)34-17-19-7-11-22(28)12-8-19/h5-14,16H,15,17H2,1-4H3,(H,31,32). The summed E-state index contributed by atoms with van der Waals surface area (Å²) >= 11 is 8.14. The summed E-state index contributed by atoms with van der Waals surface area (Å²) in [5.41, 5.74) is 6.64. The van der Waals surface area contributed by atoms with Crippen LogP contribution in [0.25, 0.3) is 0 Å². The number of nitrogens with one attached hydrogen (secondary N) is 1. The zero-order valence-electron chi connectivity index (χ0n) is 19.7.